The van der Waals surface area contributed by atoms with Gasteiger partial charge in [0.15, 0.2) is 0 Å². The van der Waals surface area contributed by atoms with Crippen LogP contribution < -0.4 is 21.7 Å². The summed E-state index contributed by atoms with van der Waals surface area (Å²) in [7, 11) is 0. The summed E-state index contributed by atoms with van der Waals surface area (Å²) in [5, 5.41) is 22.4. The summed E-state index contributed by atoms with van der Waals surface area (Å²) in [5.74, 6) is -0.297. The molecule has 3 aromatic carbocycles. The van der Waals surface area contributed by atoms with Crippen LogP contribution in [0.4, 0.5) is 10.1 Å². The van der Waals surface area contributed by atoms with Crippen LogP contribution in [0.1, 0.15) is 79.8 Å². The zero-order chi connectivity index (χ0) is 35.9. The van der Waals surface area contributed by atoms with Gasteiger partial charge in [-0.25, -0.2) is 4.39 Å². The molecular formula is C39H47FN8O3. The molecule has 12 heteroatoms. The molecule has 2 saturated carbocycles. The highest BCUT2D eigenvalue weighted by Gasteiger charge is 2.30. The molecule has 0 saturated heterocycles. The Morgan fingerprint density at radius 2 is 1.71 bits per heavy atom. The van der Waals surface area contributed by atoms with Crippen molar-refractivity contribution in [3.63, 3.8) is 0 Å². The van der Waals surface area contributed by atoms with E-state index in [1.54, 1.807) is 6.07 Å². The molecule has 11 nitrogen and oxygen atoms in total. The Kier molecular flexibility index (Phi) is 11.5. The van der Waals surface area contributed by atoms with Gasteiger partial charge in [-0.15, -0.1) is 10.2 Å². The number of rotatable bonds is 11. The van der Waals surface area contributed by atoms with Gasteiger partial charge < -0.3 is 21.7 Å². The molecule has 2 aliphatic carbocycles. The molecule has 0 spiro atoms. The first-order valence-electron chi connectivity index (χ1n) is 18.0. The number of anilines is 1. The number of amides is 3. The lowest BCUT2D eigenvalue weighted by Gasteiger charge is -2.28. The number of aromatic nitrogens is 4. The van der Waals surface area contributed by atoms with Crippen molar-refractivity contribution in [2.75, 3.05) is 11.9 Å². The van der Waals surface area contributed by atoms with Crippen LogP contribution in [0, 0.1) is 30.5 Å². The minimum absolute atomic E-state index is 0.0524. The highest BCUT2D eigenvalue weighted by atomic mass is 19.1. The Balaban J connectivity index is 1.18. The molecule has 1 aromatic heterocycles. The van der Waals surface area contributed by atoms with Crippen molar-refractivity contribution >= 4 is 23.4 Å². The van der Waals surface area contributed by atoms with Gasteiger partial charge in [0, 0.05) is 29.6 Å². The fraction of sp³-hybridized carbons (Fsp3) is 0.436. The summed E-state index contributed by atoms with van der Waals surface area (Å²) in [6.45, 7) is 4.85. The minimum Gasteiger partial charge on any atom is -0.349 e. The Labute approximate surface area is 297 Å². The van der Waals surface area contributed by atoms with Crippen LogP contribution in [0.25, 0.3) is 22.5 Å². The SMILES string of the molecule is Cc1cc(C(=O)NC2CCC(C)CC2)ccc1-c1cccc(CC(NC(=O)C2CCC(CN)CC2)C(=O)Nc2ccc(-c3nn[nH]n3)c(F)c2)c1. The molecule has 51 heavy (non-hydrogen) atoms. The van der Waals surface area contributed by atoms with E-state index in [0.717, 1.165) is 60.8 Å². The summed E-state index contributed by atoms with van der Waals surface area (Å²) < 4.78 is 15.0. The third kappa shape index (κ3) is 9.04. The molecule has 1 atom stereocenters. The minimum atomic E-state index is -0.921. The molecule has 3 amide bonds. The van der Waals surface area contributed by atoms with Gasteiger partial charge in [-0.1, -0.05) is 37.3 Å². The van der Waals surface area contributed by atoms with Crippen molar-refractivity contribution in [2.45, 2.75) is 83.7 Å². The van der Waals surface area contributed by atoms with Crippen molar-refractivity contribution in [3.8, 4) is 22.5 Å². The number of benzene rings is 3. The smallest absolute Gasteiger partial charge is 0.251 e. The molecule has 2 aliphatic rings. The third-order valence-electron chi connectivity index (χ3n) is 10.5. The van der Waals surface area contributed by atoms with Crippen LogP contribution in [-0.4, -0.2) is 57.0 Å². The van der Waals surface area contributed by atoms with Gasteiger partial charge >= 0.3 is 0 Å². The topological polar surface area (TPSA) is 168 Å². The molecule has 0 aliphatic heterocycles. The van der Waals surface area contributed by atoms with Crippen LogP contribution in [0.2, 0.25) is 0 Å². The normalized spacial score (nSPS) is 21.0. The number of aryl methyl sites for hydroxylation is 1. The first kappa shape index (κ1) is 35.8. The second kappa shape index (κ2) is 16.4. The van der Waals surface area contributed by atoms with E-state index in [4.69, 9.17) is 5.73 Å². The fourth-order valence-corrected chi connectivity index (χ4v) is 7.34. The Hall–Kier alpha value is -4.97. The van der Waals surface area contributed by atoms with E-state index in [2.05, 4.69) is 43.5 Å². The van der Waals surface area contributed by atoms with Gasteiger partial charge in [0.1, 0.15) is 11.9 Å². The molecule has 2 fully saturated rings. The molecular weight excluding hydrogens is 647 g/mol. The Morgan fingerprint density at radius 1 is 0.941 bits per heavy atom. The average Bonchev–Trinajstić information content (AvgIpc) is 3.67. The van der Waals surface area contributed by atoms with Crippen molar-refractivity contribution < 1.29 is 18.8 Å². The number of carbonyl (C=O) groups is 3. The maximum Gasteiger partial charge on any atom is 0.251 e. The summed E-state index contributed by atoms with van der Waals surface area (Å²) in [5.41, 5.74) is 10.6. The number of hydrogen-bond acceptors (Lipinski definition) is 7. The van der Waals surface area contributed by atoms with E-state index in [0.29, 0.717) is 36.8 Å². The Morgan fingerprint density at radius 3 is 2.39 bits per heavy atom. The van der Waals surface area contributed by atoms with E-state index < -0.39 is 17.8 Å². The summed E-state index contributed by atoms with van der Waals surface area (Å²) >= 11 is 0. The summed E-state index contributed by atoms with van der Waals surface area (Å²) in [6, 6.07) is 17.1. The predicted molar refractivity (Wildman–Crippen MR) is 194 cm³/mol. The molecule has 0 radical (unpaired) electrons. The van der Waals surface area contributed by atoms with Crippen molar-refractivity contribution in [1.29, 1.82) is 0 Å². The quantitative estimate of drug-likeness (QED) is 0.134. The monoisotopic (exact) mass is 694 g/mol. The zero-order valence-electron chi connectivity index (χ0n) is 29.3. The highest BCUT2D eigenvalue weighted by molar-refractivity contribution is 5.98. The number of halogens is 1. The van der Waals surface area contributed by atoms with Gasteiger partial charge in [-0.3, -0.25) is 14.4 Å². The molecule has 1 heterocycles. The van der Waals surface area contributed by atoms with E-state index in [1.807, 2.05) is 49.4 Å². The molecule has 0 bridgehead atoms. The van der Waals surface area contributed by atoms with E-state index in [9.17, 15) is 18.8 Å². The highest BCUT2D eigenvalue weighted by Crippen LogP contribution is 2.30. The van der Waals surface area contributed by atoms with Crippen molar-refractivity contribution in [2.24, 2.45) is 23.5 Å². The summed E-state index contributed by atoms with van der Waals surface area (Å²) in [6.07, 6.45) is 7.68. The molecule has 6 rings (SSSR count). The number of aromatic amines is 1. The van der Waals surface area contributed by atoms with Gasteiger partial charge in [0.25, 0.3) is 5.91 Å². The lowest BCUT2D eigenvalue weighted by Crippen LogP contribution is -2.48. The van der Waals surface area contributed by atoms with E-state index in [1.165, 1.54) is 12.1 Å². The largest absolute Gasteiger partial charge is 0.349 e. The standard InChI is InChI=1S/C39H47FN8O3/c1-23-6-13-30(14-7-23)42-38(50)29-12-16-32(24(2)18-29)28-5-3-4-26(19-28)20-35(44-37(49)27-10-8-25(22-41)9-11-27)39(51)43-31-15-17-33(34(40)21-31)36-45-47-48-46-36/h3-5,12,15-19,21,23,25,27,30,35H,6-11,13-14,20,22,41H2,1-2H3,(H,42,50)(H,43,51)(H,44,49)(H,45,46,47,48). The van der Waals surface area contributed by atoms with Crippen LogP contribution in [0.15, 0.2) is 60.7 Å². The van der Waals surface area contributed by atoms with Gasteiger partial charge in [0.2, 0.25) is 17.6 Å². The maximum atomic E-state index is 15.0. The zero-order valence-corrected chi connectivity index (χ0v) is 29.3. The third-order valence-corrected chi connectivity index (χ3v) is 10.5. The van der Waals surface area contributed by atoms with Crippen LogP contribution in [0.5, 0.6) is 0 Å². The lowest BCUT2D eigenvalue weighted by atomic mass is 9.81. The average molecular weight is 695 g/mol. The number of tetrazole rings is 1. The molecule has 268 valence electrons. The number of nitrogens with zero attached hydrogens (tertiary/aromatic N) is 3. The number of hydrogen-bond donors (Lipinski definition) is 5. The summed E-state index contributed by atoms with van der Waals surface area (Å²) in [4.78, 5) is 40.4. The molecule has 4 aromatic rings. The van der Waals surface area contributed by atoms with Gasteiger partial charge in [-0.05, 0) is 134 Å². The number of H-pyrrole nitrogens is 1. The van der Waals surface area contributed by atoms with Crippen molar-refractivity contribution in [1.82, 2.24) is 31.3 Å². The number of nitrogens with two attached hydrogens (primary N) is 1. The lowest BCUT2D eigenvalue weighted by molar-refractivity contribution is -0.130. The second-order valence-corrected chi connectivity index (χ2v) is 14.3. The molecule has 6 N–H and O–H groups in total. The van der Waals surface area contributed by atoms with Crippen LogP contribution in [-0.2, 0) is 16.0 Å². The first-order chi connectivity index (χ1) is 24.7. The van der Waals surface area contributed by atoms with Crippen LogP contribution >= 0.6 is 0 Å². The van der Waals surface area contributed by atoms with Gasteiger partial charge in [0.05, 0.1) is 5.56 Å². The predicted octanol–water partition coefficient (Wildman–Crippen LogP) is 5.72. The first-order valence-corrected chi connectivity index (χ1v) is 18.0. The fourth-order valence-electron chi connectivity index (χ4n) is 7.34. The van der Waals surface area contributed by atoms with E-state index in [-0.39, 0.29) is 47.3 Å². The maximum absolute atomic E-state index is 15.0. The van der Waals surface area contributed by atoms with Crippen molar-refractivity contribution in [3.05, 3.63) is 83.2 Å². The Bertz CT molecular complexity index is 1830. The van der Waals surface area contributed by atoms with Crippen LogP contribution in [0.3, 0.4) is 0 Å². The number of nitrogens with one attached hydrogen (secondary N) is 4. The van der Waals surface area contributed by atoms with Gasteiger partial charge in [-0.2, -0.15) is 5.21 Å². The molecule has 1 unspecified atom stereocenters. The number of carbonyl (C=O) groups excluding carboxylic acids is 3. The second-order valence-electron chi connectivity index (χ2n) is 14.3. The van der Waals surface area contributed by atoms with E-state index >= 15 is 0 Å².